The summed E-state index contributed by atoms with van der Waals surface area (Å²) in [5.41, 5.74) is 6.37. The van der Waals surface area contributed by atoms with E-state index in [4.69, 9.17) is 31.5 Å². The Labute approximate surface area is 100 Å². The van der Waals surface area contributed by atoms with Gasteiger partial charge in [0, 0.05) is 11.6 Å². The van der Waals surface area contributed by atoms with Crippen LogP contribution >= 0.6 is 11.6 Å². The van der Waals surface area contributed by atoms with Gasteiger partial charge in [0.05, 0.1) is 26.4 Å². The normalized spacial score (nSPS) is 10.1. The maximum atomic E-state index is 6.13. The van der Waals surface area contributed by atoms with E-state index in [-0.39, 0.29) is 0 Å². The Morgan fingerprint density at radius 1 is 1.12 bits per heavy atom. The first-order valence-electron chi connectivity index (χ1n) is 4.87. The highest BCUT2D eigenvalue weighted by Gasteiger charge is 2.18. The van der Waals surface area contributed by atoms with Crippen LogP contribution in [0.25, 0.3) is 0 Å². The molecule has 90 valence electrons. The van der Waals surface area contributed by atoms with Crippen molar-refractivity contribution in [2.24, 2.45) is 5.73 Å². The highest BCUT2D eigenvalue weighted by Crippen LogP contribution is 2.43. The molecule has 0 aromatic heterocycles. The van der Waals surface area contributed by atoms with Gasteiger partial charge in [0.2, 0.25) is 5.75 Å². The fourth-order valence-corrected chi connectivity index (χ4v) is 1.84. The lowest BCUT2D eigenvalue weighted by molar-refractivity contribution is 0.322. The molecule has 5 heteroatoms. The van der Waals surface area contributed by atoms with Gasteiger partial charge in [-0.2, -0.15) is 0 Å². The lowest BCUT2D eigenvalue weighted by atomic mass is 10.1. The Balaban J connectivity index is 3.38. The molecule has 0 amide bonds. The van der Waals surface area contributed by atoms with Gasteiger partial charge in [0.1, 0.15) is 0 Å². The molecule has 1 rings (SSSR count). The number of benzene rings is 1. The minimum atomic E-state index is 0.492. The highest BCUT2D eigenvalue weighted by atomic mass is 35.5. The topological polar surface area (TPSA) is 53.7 Å². The van der Waals surface area contributed by atoms with Crippen molar-refractivity contribution < 1.29 is 14.2 Å². The van der Waals surface area contributed by atoms with Crippen molar-refractivity contribution in [1.29, 1.82) is 0 Å². The van der Waals surface area contributed by atoms with E-state index >= 15 is 0 Å². The second-order valence-electron chi connectivity index (χ2n) is 3.14. The van der Waals surface area contributed by atoms with Crippen molar-refractivity contribution in [3.8, 4) is 17.2 Å². The molecule has 0 saturated carbocycles. The standard InChI is InChI=1S/C11H16ClNO3/c1-14-9-6-8(12)7(4-5-13)10(15-2)11(9)16-3/h6H,4-5,13H2,1-3H3. The molecule has 0 fully saturated rings. The summed E-state index contributed by atoms with van der Waals surface area (Å²) < 4.78 is 15.7. The molecule has 2 N–H and O–H groups in total. The third-order valence-corrected chi connectivity index (χ3v) is 2.61. The second-order valence-corrected chi connectivity index (χ2v) is 3.55. The van der Waals surface area contributed by atoms with E-state index in [1.807, 2.05) is 0 Å². The number of nitrogens with two attached hydrogens (primary N) is 1. The second kappa shape index (κ2) is 5.82. The first-order valence-corrected chi connectivity index (χ1v) is 5.24. The van der Waals surface area contributed by atoms with E-state index in [2.05, 4.69) is 0 Å². The van der Waals surface area contributed by atoms with Gasteiger partial charge in [0.25, 0.3) is 0 Å². The average Bonchev–Trinajstić information content (AvgIpc) is 2.30. The molecule has 0 saturated heterocycles. The Kier molecular flexibility index (Phi) is 4.71. The maximum absolute atomic E-state index is 6.13. The van der Waals surface area contributed by atoms with E-state index in [1.165, 1.54) is 0 Å². The van der Waals surface area contributed by atoms with Gasteiger partial charge in [-0.25, -0.2) is 0 Å². The largest absolute Gasteiger partial charge is 0.493 e. The van der Waals surface area contributed by atoms with Gasteiger partial charge in [-0.05, 0) is 13.0 Å². The van der Waals surface area contributed by atoms with Crippen LogP contribution in [0, 0.1) is 0 Å². The molecular formula is C11H16ClNO3. The molecule has 0 aliphatic rings. The minimum absolute atomic E-state index is 0.492. The summed E-state index contributed by atoms with van der Waals surface area (Å²) in [6.07, 6.45) is 0.627. The van der Waals surface area contributed by atoms with E-state index < -0.39 is 0 Å². The molecule has 0 radical (unpaired) electrons. The Bertz CT molecular complexity index is 369. The summed E-state index contributed by atoms with van der Waals surface area (Å²) in [6, 6.07) is 1.70. The molecule has 0 heterocycles. The van der Waals surface area contributed by atoms with E-state index in [1.54, 1.807) is 27.4 Å². The fraction of sp³-hybridized carbons (Fsp3) is 0.455. The Morgan fingerprint density at radius 2 is 1.75 bits per heavy atom. The minimum Gasteiger partial charge on any atom is -0.493 e. The van der Waals surface area contributed by atoms with Crippen LogP contribution in [0.3, 0.4) is 0 Å². The molecule has 0 unspecified atom stereocenters. The first kappa shape index (κ1) is 12.9. The van der Waals surface area contributed by atoms with E-state index in [0.717, 1.165) is 5.56 Å². The van der Waals surface area contributed by atoms with Gasteiger partial charge in [-0.3, -0.25) is 0 Å². The van der Waals surface area contributed by atoms with Crippen LogP contribution in [0.2, 0.25) is 5.02 Å². The summed E-state index contributed by atoms with van der Waals surface area (Å²) in [4.78, 5) is 0. The van der Waals surface area contributed by atoms with Crippen molar-refractivity contribution in [3.63, 3.8) is 0 Å². The van der Waals surface area contributed by atoms with E-state index in [9.17, 15) is 0 Å². The molecule has 0 aliphatic heterocycles. The third kappa shape index (κ3) is 2.33. The average molecular weight is 246 g/mol. The predicted octanol–water partition coefficient (Wildman–Crippen LogP) is 1.87. The van der Waals surface area contributed by atoms with Crippen LogP contribution in [-0.2, 0) is 6.42 Å². The third-order valence-electron chi connectivity index (χ3n) is 2.27. The Morgan fingerprint density at radius 3 is 2.19 bits per heavy atom. The molecule has 0 spiro atoms. The fourth-order valence-electron chi connectivity index (χ4n) is 1.56. The first-order chi connectivity index (χ1) is 7.69. The van der Waals surface area contributed by atoms with Gasteiger partial charge >= 0.3 is 0 Å². The lowest BCUT2D eigenvalue weighted by Gasteiger charge is -2.16. The van der Waals surface area contributed by atoms with Gasteiger partial charge in [-0.15, -0.1) is 0 Å². The van der Waals surface area contributed by atoms with Crippen LogP contribution in [0.5, 0.6) is 17.2 Å². The number of methoxy groups -OCH3 is 3. The van der Waals surface area contributed by atoms with Crippen molar-refractivity contribution in [3.05, 3.63) is 16.7 Å². The van der Waals surface area contributed by atoms with Gasteiger partial charge in [-0.1, -0.05) is 11.6 Å². The monoisotopic (exact) mass is 245 g/mol. The van der Waals surface area contributed by atoms with Gasteiger partial charge in [0.15, 0.2) is 11.5 Å². The molecule has 0 aliphatic carbocycles. The summed E-state index contributed by atoms with van der Waals surface area (Å²) in [5, 5.41) is 0.569. The van der Waals surface area contributed by atoms with Crippen LogP contribution < -0.4 is 19.9 Å². The summed E-state index contributed by atoms with van der Waals surface area (Å²) in [7, 11) is 4.67. The summed E-state index contributed by atoms with van der Waals surface area (Å²) in [5.74, 6) is 1.67. The number of halogens is 1. The lowest BCUT2D eigenvalue weighted by Crippen LogP contribution is -2.06. The number of ether oxygens (including phenoxy) is 3. The number of hydrogen-bond acceptors (Lipinski definition) is 4. The van der Waals surface area contributed by atoms with Crippen LogP contribution in [0.1, 0.15) is 5.56 Å². The maximum Gasteiger partial charge on any atom is 0.203 e. The van der Waals surface area contributed by atoms with Crippen molar-refractivity contribution >= 4 is 11.6 Å². The van der Waals surface area contributed by atoms with Crippen molar-refractivity contribution in [2.45, 2.75) is 6.42 Å². The van der Waals surface area contributed by atoms with Gasteiger partial charge < -0.3 is 19.9 Å². The highest BCUT2D eigenvalue weighted by molar-refractivity contribution is 6.31. The summed E-state index contributed by atoms with van der Waals surface area (Å²) in [6.45, 7) is 0.492. The smallest absolute Gasteiger partial charge is 0.203 e. The molecule has 1 aromatic rings. The SMILES string of the molecule is COc1cc(Cl)c(CCN)c(OC)c1OC. The van der Waals surface area contributed by atoms with Crippen LogP contribution in [0.4, 0.5) is 0 Å². The molecule has 1 aromatic carbocycles. The van der Waals surface area contributed by atoms with Crippen molar-refractivity contribution in [1.82, 2.24) is 0 Å². The molecular weight excluding hydrogens is 230 g/mol. The van der Waals surface area contributed by atoms with Crippen LogP contribution in [-0.4, -0.2) is 27.9 Å². The zero-order valence-corrected chi connectivity index (χ0v) is 10.4. The zero-order chi connectivity index (χ0) is 12.1. The number of hydrogen-bond donors (Lipinski definition) is 1. The molecule has 4 nitrogen and oxygen atoms in total. The quantitative estimate of drug-likeness (QED) is 0.861. The zero-order valence-electron chi connectivity index (χ0n) is 9.67. The summed E-state index contributed by atoms with van der Waals surface area (Å²) >= 11 is 6.13. The predicted molar refractivity (Wildman–Crippen MR) is 63.9 cm³/mol. The van der Waals surface area contributed by atoms with Crippen LogP contribution in [0.15, 0.2) is 6.07 Å². The van der Waals surface area contributed by atoms with Crippen molar-refractivity contribution in [2.75, 3.05) is 27.9 Å². The molecule has 0 bridgehead atoms. The molecule has 0 atom stereocenters. The molecule has 16 heavy (non-hydrogen) atoms. The Hall–Kier alpha value is -1.13. The number of rotatable bonds is 5. The van der Waals surface area contributed by atoms with E-state index in [0.29, 0.717) is 35.2 Å².